The van der Waals surface area contributed by atoms with Crippen LogP contribution in [0.25, 0.3) is 0 Å². The summed E-state index contributed by atoms with van der Waals surface area (Å²) >= 11 is 5.08. The smallest absolute Gasteiger partial charge is 0.251 e. The van der Waals surface area contributed by atoms with Crippen LogP contribution in [0.4, 0.5) is 5.69 Å². The number of nitrogens with one attached hydrogen (secondary N) is 3. The Morgan fingerprint density at radius 3 is 2.36 bits per heavy atom. The molecule has 0 saturated heterocycles. The average molecular weight is 321 g/mol. The highest BCUT2D eigenvalue weighted by Gasteiger charge is 2.08. The molecular formula is C16H23N3O2S. The van der Waals surface area contributed by atoms with Crippen LogP contribution in [0.2, 0.25) is 0 Å². The van der Waals surface area contributed by atoms with Gasteiger partial charge in [0.2, 0.25) is 5.91 Å². The van der Waals surface area contributed by atoms with Crippen molar-refractivity contribution in [1.29, 1.82) is 0 Å². The van der Waals surface area contributed by atoms with Gasteiger partial charge in [-0.15, -0.1) is 0 Å². The van der Waals surface area contributed by atoms with Crippen LogP contribution in [-0.2, 0) is 4.79 Å². The van der Waals surface area contributed by atoms with Crippen LogP contribution in [-0.4, -0.2) is 23.5 Å². The van der Waals surface area contributed by atoms with Crippen molar-refractivity contribution in [3.63, 3.8) is 0 Å². The van der Waals surface area contributed by atoms with Gasteiger partial charge in [-0.3, -0.25) is 9.59 Å². The van der Waals surface area contributed by atoms with Crippen molar-refractivity contribution >= 4 is 34.8 Å². The first-order valence-corrected chi connectivity index (χ1v) is 7.82. The molecule has 0 aliphatic carbocycles. The summed E-state index contributed by atoms with van der Waals surface area (Å²) in [7, 11) is 0. The molecule has 3 N–H and O–H groups in total. The van der Waals surface area contributed by atoms with Gasteiger partial charge in [-0.05, 0) is 48.8 Å². The molecule has 0 unspecified atom stereocenters. The lowest BCUT2D eigenvalue weighted by Crippen LogP contribution is -2.34. The van der Waals surface area contributed by atoms with Gasteiger partial charge in [-0.1, -0.05) is 20.8 Å². The Kier molecular flexibility index (Phi) is 7.52. The molecule has 0 spiro atoms. The zero-order valence-corrected chi connectivity index (χ0v) is 14.0. The first kappa shape index (κ1) is 18.1. The van der Waals surface area contributed by atoms with Crippen LogP contribution in [0.15, 0.2) is 24.3 Å². The summed E-state index contributed by atoms with van der Waals surface area (Å²) in [6.45, 7) is 6.60. The summed E-state index contributed by atoms with van der Waals surface area (Å²) in [4.78, 5) is 23.4. The van der Waals surface area contributed by atoms with Gasteiger partial charge in [0.25, 0.3) is 5.91 Å². The maximum absolute atomic E-state index is 11.8. The molecule has 22 heavy (non-hydrogen) atoms. The number of carbonyl (C=O) groups excluding carboxylic acids is 2. The number of hydrogen-bond acceptors (Lipinski definition) is 3. The minimum absolute atomic E-state index is 0.0961. The van der Waals surface area contributed by atoms with Gasteiger partial charge >= 0.3 is 0 Å². The molecule has 0 heterocycles. The van der Waals surface area contributed by atoms with Crippen molar-refractivity contribution in [2.75, 3.05) is 11.9 Å². The van der Waals surface area contributed by atoms with Gasteiger partial charge in [-0.2, -0.15) is 0 Å². The van der Waals surface area contributed by atoms with E-state index in [4.69, 9.17) is 12.2 Å². The molecule has 0 aliphatic heterocycles. The summed E-state index contributed by atoms with van der Waals surface area (Å²) in [5.41, 5.74) is 1.32. The Bertz CT molecular complexity index is 527. The van der Waals surface area contributed by atoms with E-state index < -0.39 is 0 Å². The van der Waals surface area contributed by atoms with E-state index in [1.54, 1.807) is 24.3 Å². The highest BCUT2D eigenvalue weighted by atomic mass is 32.1. The van der Waals surface area contributed by atoms with E-state index in [0.717, 1.165) is 12.1 Å². The minimum atomic E-state index is -0.108. The van der Waals surface area contributed by atoms with E-state index in [2.05, 4.69) is 16.0 Å². The molecule has 1 aromatic carbocycles. The minimum Gasteiger partial charge on any atom is -0.352 e. The van der Waals surface area contributed by atoms with E-state index in [0.29, 0.717) is 18.5 Å². The second kappa shape index (κ2) is 9.15. The molecule has 0 fully saturated rings. The Labute approximate surface area is 136 Å². The molecule has 6 heteroatoms. The van der Waals surface area contributed by atoms with Gasteiger partial charge in [-0.25, -0.2) is 0 Å². The topological polar surface area (TPSA) is 70.2 Å². The van der Waals surface area contributed by atoms with Crippen molar-refractivity contribution in [2.45, 2.75) is 33.6 Å². The number of amides is 2. The number of rotatable bonds is 6. The molecule has 0 radical (unpaired) electrons. The number of benzene rings is 1. The zero-order valence-electron chi connectivity index (χ0n) is 13.2. The third kappa shape index (κ3) is 6.67. The van der Waals surface area contributed by atoms with Crippen LogP contribution in [0.1, 0.15) is 44.0 Å². The molecule has 120 valence electrons. The van der Waals surface area contributed by atoms with E-state index in [-0.39, 0.29) is 22.8 Å². The Hall–Kier alpha value is -1.95. The standard InChI is InChI=1S/C16H23N3O2S/c1-4-9-17-15(21)12-5-7-13(8-6-12)18-16(22)19-14(20)10-11(2)3/h5-8,11H,4,9-10H2,1-3H3,(H,17,21)(H2,18,19,20,22). The van der Waals surface area contributed by atoms with Crippen LogP contribution < -0.4 is 16.0 Å². The van der Waals surface area contributed by atoms with Crippen molar-refractivity contribution in [3.8, 4) is 0 Å². The monoisotopic (exact) mass is 321 g/mol. The quantitative estimate of drug-likeness (QED) is 0.705. The van der Waals surface area contributed by atoms with Crippen LogP contribution >= 0.6 is 12.2 Å². The number of anilines is 1. The number of thiocarbonyl (C=S) groups is 1. The van der Waals surface area contributed by atoms with Crippen LogP contribution in [0.3, 0.4) is 0 Å². The van der Waals surface area contributed by atoms with Gasteiger partial charge in [0.1, 0.15) is 0 Å². The molecule has 2 amide bonds. The molecule has 1 rings (SSSR count). The van der Waals surface area contributed by atoms with Crippen molar-refractivity contribution in [3.05, 3.63) is 29.8 Å². The molecular weight excluding hydrogens is 298 g/mol. The third-order valence-corrected chi connectivity index (χ3v) is 2.99. The predicted octanol–water partition coefficient (Wildman–Crippen LogP) is 2.69. The van der Waals surface area contributed by atoms with Gasteiger partial charge < -0.3 is 16.0 Å². The maximum Gasteiger partial charge on any atom is 0.251 e. The Morgan fingerprint density at radius 1 is 1.18 bits per heavy atom. The van der Waals surface area contributed by atoms with E-state index in [1.807, 2.05) is 20.8 Å². The van der Waals surface area contributed by atoms with Crippen LogP contribution in [0.5, 0.6) is 0 Å². The lowest BCUT2D eigenvalue weighted by atomic mass is 10.1. The number of carbonyl (C=O) groups is 2. The molecule has 0 aromatic heterocycles. The maximum atomic E-state index is 11.8. The highest BCUT2D eigenvalue weighted by Crippen LogP contribution is 2.09. The molecule has 0 saturated carbocycles. The first-order valence-electron chi connectivity index (χ1n) is 7.41. The predicted molar refractivity (Wildman–Crippen MR) is 92.9 cm³/mol. The normalized spacial score (nSPS) is 10.2. The summed E-state index contributed by atoms with van der Waals surface area (Å²) in [6.07, 6.45) is 1.33. The van der Waals surface area contributed by atoms with E-state index in [9.17, 15) is 9.59 Å². The fraction of sp³-hybridized carbons (Fsp3) is 0.438. The lowest BCUT2D eigenvalue weighted by molar-refractivity contribution is -0.120. The van der Waals surface area contributed by atoms with Gasteiger partial charge in [0, 0.05) is 24.2 Å². The molecule has 0 bridgehead atoms. The average Bonchev–Trinajstić information content (AvgIpc) is 2.44. The summed E-state index contributed by atoms with van der Waals surface area (Å²) < 4.78 is 0. The molecule has 1 aromatic rings. The fourth-order valence-corrected chi connectivity index (χ4v) is 1.99. The van der Waals surface area contributed by atoms with Gasteiger partial charge in [0.15, 0.2) is 5.11 Å². The SMILES string of the molecule is CCCNC(=O)c1ccc(NC(=S)NC(=O)CC(C)C)cc1. The molecule has 5 nitrogen and oxygen atoms in total. The van der Waals surface area contributed by atoms with Crippen molar-refractivity contribution in [2.24, 2.45) is 5.92 Å². The van der Waals surface area contributed by atoms with Crippen molar-refractivity contribution in [1.82, 2.24) is 10.6 Å². The Morgan fingerprint density at radius 2 is 1.82 bits per heavy atom. The fourth-order valence-electron chi connectivity index (χ4n) is 1.76. The summed E-state index contributed by atoms with van der Waals surface area (Å²) in [6, 6.07) is 6.93. The molecule has 0 aliphatic rings. The summed E-state index contributed by atoms with van der Waals surface area (Å²) in [5.74, 6) is 0.0768. The third-order valence-electron chi connectivity index (χ3n) is 2.79. The van der Waals surface area contributed by atoms with E-state index >= 15 is 0 Å². The number of hydrogen-bond donors (Lipinski definition) is 3. The zero-order chi connectivity index (χ0) is 16.5. The molecule has 0 atom stereocenters. The van der Waals surface area contributed by atoms with Gasteiger partial charge in [0.05, 0.1) is 0 Å². The van der Waals surface area contributed by atoms with Crippen LogP contribution in [0, 0.1) is 5.92 Å². The second-order valence-electron chi connectivity index (χ2n) is 5.43. The van der Waals surface area contributed by atoms with E-state index in [1.165, 1.54) is 0 Å². The summed E-state index contributed by atoms with van der Waals surface area (Å²) in [5, 5.41) is 8.62. The first-order chi connectivity index (χ1) is 10.4. The highest BCUT2D eigenvalue weighted by molar-refractivity contribution is 7.80. The lowest BCUT2D eigenvalue weighted by Gasteiger charge is -2.11. The largest absolute Gasteiger partial charge is 0.352 e. The second-order valence-corrected chi connectivity index (χ2v) is 5.84. The van der Waals surface area contributed by atoms with Crippen molar-refractivity contribution < 1.29 is 9.59 Å². The Balaban J connectivity index is 2.51.